The molecule has 1 N–H and O–H groups in total. The second-order valence-corrected chi connectivity index (χ2v) is 5.57. The summed E-state index contributed by atoms with van der Waals surface area (Å²) in [6.45, 7) is 5.65. The van der Waals surface area contributed by atoms with Crippen LogP contribution in [0.3, 0.4) is 0 Å². The molecule has 8 heteroatoms. The Bertz CT molecular complexity index is 448. The Morgan fingerprint density at radius 1 is 1.47 bits per heavy atom. The predicted molar refractivity (Wildman–Crippen MR) is 75.3 cm³/mol. The molecule has 0 atom stereocenters. The van der Waals surface area contributed by atoms with Gasteiger partial charge in [0.25, 0.3) is 0 Å². The molecular weight excluding hydrogens is 286 g/mol. The van der Waals surface area contributed by atoms with Crippen LogP contribution < -0.4 is 5.32 Å². The highest BCUT2D eigenvalue weighted by Gasteiger charge is 2.10. The number of anilines is 1. The van der Waals surface area contributed by atoms with Gasteiger partial charge in [0, 0.05) is 12.2 Å². The Balaban J connectivity index is 2.33. The van der Waals surface area contributed by atoms with Gasteiger partial charge in [0.15, 0.2) is 4.34 Å². The van der Waals surface area contributed by atoms with Crippen LogP contribution >= 0.6 is 23.1 Å². The summed E-state index contributed by atoms with van der Waals surface area (Å²) in [4.78, 5) is 22.6. The van der Waals surface area contributed by atoms with Crippen molar-refractivity contribution in [3.05, 3.63) is 12.7 Å². The van der Waals surface area contributed by atoms with Crippen LogP contribution in [0.1, 0.15) is 19.8 Å². The smallest absolute Gasteiger partial charge is 0.306 e. The molecule has 104 valence electrons. The minimum absolute atomic E-state index is 0.0660. The summed E-state index contributed by atoms with van der Waals surface area (Å²) in [5.41, 5.74) is 0. The average Bonchev–Trinajstić information content (AvgIpc) is 2.82. The van der Waals surface area contributed by atoms with Crippen molar-refractivity contribution >= 4 is 40.1 Å². The number of ether oxygens (including phenoxy) is 1. The highest BCUT2D eigenvalue weighted by Crippen LogP contribution is 2.25. The van der Waals surface area contributed by atoms with Gasteiger partial charge in [0.2, 0.25) is 11.0 Å². The van der Waals surface area contributed by atoms with Gasteiger partial charge in [-0.2, -0.15) is 0 Å². The summed E-state index contributed by atoms with van der Waals surface area (Å²) in [6, 6.07) is 0. The van der Waals surface area contributed by atoms with E-state index in [4.69, 9.17) is 4.74 Å². The maximum atomic E-state index is 11.5. The van der Waals surface area contributed by atoms with Crippen LogP contribution in [-0.4, -0.2) is 34.4 Å². The van der Waals surface area contributed by atoms with Crippen LogP contribution in [0.2, 0.25) is 0 Å². The number of rotatable bonds is 8. The number of carbonyl (C=O) groups excluding carboxylic acids is 2. The van der Waals surface area contributed by atoms with Crippen LogP contribution in [0.5, 0.6) is 0 Å². The van der Waals surface area contributed by atoms with E-state index in [2.05, 4.69) is 22.1 Å². The molecule has 1 amide bonds. The van der Waals surface area contributed by atoms with Crippen LogP contribution in [0.4, 0.5) is 5.13 Å². The predicted octanol–water partition coefficient (Wildman–Crippen LogP) is 2.10. The number of carbonyl (C=O) groups is 2. The van der Waals surface area contributed by atoms with Crippen LogP contribution in [0, 0.1) is 0 Å². The molecule has 1 aromatic rings. The Kier molecular flexibility index (Phi) is 7.12. The molecule has 0 saturated heterocycles. The molecule has 0 radical (unpaired) electrons. The van der Waals surface area contributed by atoms with Crippen molar-refractivity contribution in [2.45, 2.75) is 24.1 Å². The second kappa shape index (κ2) is 8.65. The van der Waals surface area contributed by atoms with Crippen molar-refractivity contribution in [2.75, 3.05) is 17.7 Å². The molecule has 0 aliphatic carbocycles. The summed E-state index contributed by atoms with van der Waals surface area (Å²) in [6.07, 6.45) is 1.91. The number of hydrogen-bond acceptors (Lipinski definition) is 7. The summed E-state index contributed by atoms with van der Waals surface area (Å²) in [5.74, 6) is 0.0902. The lowest BCUT2D eigenvalue weighted by Gasteiger charge is -2.01. The largest absolute Gasteiger partial charge is 0.466 e. The lowest BCUT2D eigenvalue weighted by molar-refractivity contribution is -0.144. The van der Waals surface area contributed by atoms with Gasteiger partial charge in [0.1, 0.15) is 0 Å². The molecule has 0 aliphatic heterocycles. The van der Waals surface area contributed by atoms with E-state index >= 15 is 0 Å². The van der Waals surface area contributed by atoms with Gasteiger partial charge in [-0.05, 0) is 6.92 Å². The molecular formula is C11H15N3O3S2. The van der Waals surface area contributed by atoms with Crippen LogP contribution in [0.25, 0.3) is 0 Å². The van der Waals surface area contributed by atoms with E-state index in [0.717, 1.165) is 10.1 Å². The van der Waals surface area contributed by atoms with E-state index in [1.165, 1.54) is 23.1 Å². The molecule has 1 heterocycles. The first-order valence-corrected chi connectivity index (χ1v) is 7.48. The maximum Gasteiger partial charge on any atom is 0.306 e. The summed E-state index contributed by atoms with van der Waals surface area (Å²) in [5, 5.41) is 10.8. The van der Waals surface area contributed by atoms with Gasteiger partial charge in [-0.25, -0.2) is 0 Å². The average molecular weight is 301 g/mol. The third-order valence-electron chi connectivity index (χ3n) is 1.84. The third-order valence-corrected chi connectivity index (χ3v) is 3.81. The molecule has 0 unspecified atom stereocenters. The van der Waals surface area contributed by atoms with E-state index in [9.17, 15) is 9.59 Å². The topological polar surface area (TPSA) is 81.2 Å². The highest BCUT2D eigenvalue weighted by molar-refractivity contribution is 8.01. The van der Waals surface area contributed by atoms with E-state index in [1.807, 2.05) is 0 Å². The van der Waals surface area contributed by atoms with Crippen molar-refractivity contribution in [1.29, 1.82) is 0 Å². The number of nitrogens with zero attached hydrogens (tertiary/aromatic N) is 2. The molecule has 0 aliphatic rings. The molecule has 19 heavy (non-hydrogen) atoms. The molecule has 0 fully saturated rings. The Labute approximate surface area is 119 Å². The number of esters is 1. The van der Waals surface area contributed by atoms with E-state index < -0.39 is 0 Å². The van der Waals surface area contributed by atoms with Crippen LogP contribution in [0.15, 0.2) is 17.0 Å². The molecule has 1 rings (SSSR count). The zero-order valence-corrected chi connectivity index (χ0v) is 12.2. The molecule has 1 aromatic heterocycles. The number of nitrogens with one attached hydrogen (secondary N) is 1. The SMILES string of the molecule is C=CCSc1nnc(NC(=O)CCC(=O)OCC)s1. The number of hydrogen-bond donors (Lipinski definition) is 1. The van der Waals surface area contributed by atoms with Crippen molar-refractivity contribution in [3.8, 4) is 0 Å². The fourth-order valence-corrected chi connectivity index (χ4v) is 2.61. The second-order valence-electron chi connectivity index (χ2n) is 3.33. The van der Waals surface area contributed by atoms with E-state index in [0.29, 0.717) is 11.7 Å². The van der Waals surface area contributed by atoms with Crippen molar-refractivity contribution < 1.29 is 14.3 Å². The lowest BCUT2D eigenvalue weighted by Crippen LogP contribution is -2.14. The highest BCUT2D eigenvalue weighted by atomic mass is 32.2. The number of thioether (sulfide) groups is 1. The van der Waals surface area contributed by atoms with Gasteiger partial charge in [-0.1, -0.05) is 29.2 Å². The zero-order valence-electron chi connectivity index (χ0n) is 10.5. The number of amides is 1. The Morgan fingerprint density at radius 2 is 2.26 bits per heavy atom. The summed E-state index contributed by atoms with van der Waals surface area (Å²) >= 11 is 2.79. The number of aromatic nitrogens is 2. The first-order chi connectivity index (χ1) is 9.15. The monoisotopic (exact) mass is 301 g/mol. The zero-order chi connectivity index (χ0) is 14.1. The summed E-state index contributed by atoms with van der Waals surface area (Å²) < 4.78 is 5.50. The Morgan fingerprint density at radius 3 is 2.95 bits per heavy atom. The van der Waals surface area contributed by atoms with Crippen molar-refractivity contribution in [2.24, 2.45) is 0 Å². The minimum Gasteiger partial charge on any atom is -0.466 e. The normalized spacial score (nSPS) is 9.95. The van der Waals surface area contributed by atoms with Gasteiger partial charge >= 0.3 is 5.97 Å². The van der Waals surface area contributed by atoms with E-state index in [-0.39, 0.29) is 24.7 Å². The van der Waals surface area contributed by atoms with Crippen LogP contribution in [-0.2, 0) is 14.3 Å². The van der Waals surface area contributed by atoms with Crippen molar-refractivity contribution in [1.82, 2.24) is 10.2 Å². The van der Waals surface area contributed by atoms with Gasteiger partial charge in [-0.15, -0.1) is 16.8 Å². The molecule has 0 aromatic carbocycles. The van der Waals surface area contributed by atoms with E-state index in [1.54, 1.807) is 13.0 Å². The molecule has 0 bridgehead atoms. The minimum atomic E-state index is -0.378. The third kappa shape index (κ3) is 6.35. The standard InChI is InChI=1S/C11H15N3O3S2/c1-3-7-18-11-14-13-10(19-11)12-8(15)5-6-9(16)17-4-2/h3H,1,4-7H2,2H3,(H,12,13,15). The first kappa shape index (κ1) is 15.6. The van der Waals surface area contributed by atoms with Gasteiger partial charge < -0.3 is 10.1 Å². The first-order valence-electron chi connectivity index (χ1n) is 5.68. The molecule has 6 nitrogen and oxygen atoms in total. The Hall–Kier alpha value is -1.41. The van der Waals surface area contributed by atoms with Crippen molar-refractivity contribution in [3.63, 3.8) is 0 Å². The molecule has 0 saturated carbocycles. The fourth-order valence-electron chi connectivity index (χ4n) is 1.08. The quantitative estimate of drug-likeness (QED) is 0.343. The lowest BCUT2D eigenvalue weighted by atomic mass is 10.3. The maximum absolute atomic E-state index is 11.5. The fraction of sp³-hybridized carbons (Fsp3) is 0.455. The van der Waals surface area contributed by atoms with Gasteiger partial charge in [0.05, 0.1) is 13.0 Å². The van der Waals surface area contributed by atoms with Gasteiger partial charge in [-0.3, -0.25) is 9.59 Å². The molecule has 0 spiro atoms. The summed E-state index contributed by atoms with van der Waals surface area (Å²) in [7, 11) is 0.